The molecule has 0 aromatic rings. The van der Waals surface area contributed by atoms with Gasteiger partial charge in [-0.2, -0.15) is 0 Å². The van der Waals surface area contributed by atoms with Crippen LogP contribution in [0.15, 0.2) is 0 Å². The zero-order chi connectivity index (χ0) is 14.7. The smallest absolute Gasteiger partial charge is 0.0474 e. The lowest BCUT2D eigenvalue weighted by Crippen LogP contribution is -2.45. The molecule has 116 valence electrons. The molecule has 0 saturated carbocycles. The summed E-state index contributed by atoms with van der Waals surface area (Å²) in [6, 6.07) is 0.588. The standard InChI is InChI=1S/C15H35N3O/c1-14(2)13-18(10-9-17(4)5)15(3)12-16-8-7-11-19-6/h14-16H,7-13H2,1-6H3. The molecule has 4 nitrogen and oxygen atoms in total. The quantitative estimate of drug-likeness (QED) is 0.546. The van der Waals surface area contributed by atoms with E-state index >= 15 is 0 Å². The van der Waals surface area contributed by atoms with Crippen molar-refractivity contribution >= 4 is 0 Å². The summed E-state index contributed by atoms with van der Waals surface area (Å²) in [5, 5.41) is 3.53. The van der Waals surface area contributed by atoms with E-state index in [4.69, 9.17) is 4.74 Å². The van der Waals surface area contributed by atoms with E-state index in [1.807, 2.05) is 0 Å². The van der Waals surface area contributed by atoms with E-state index < -0.39 is 0 Å². The maximum Gasteiger partial charge on any atom is 0.0474 e. The average Bonchev–Trinajstić information content (AvgIpc) is 2.33. The van der Waals surface area contributed by atoms with E-state index in [9.17, 15) is 0 Å². The third kappa shape index (κ3) is 11.4. The van der Waals surface area contributed by atoms with E-state index in [2.05, 4.69) is 50.0 Å². The van der Waals surface area contributed by atoms with Crippen LogP contribution in [-0.4, -0.2) is 76.4 Å². The summed E-state index contributed by atoms with van der Waals surface area (Å²) >= 11 is 0. The fourth-order valence-corrected chi connectivity index (χ4v) is 2.07. The van der Waals surface area contributed by atoms with Crippen molar-refractivity contribution in [2.24, 2.45) is 5.92 Å². The summed E-state index contributed by atoms with van der Waals surface area (Å²) in [4.78, 5) is 4.85. The molecule has 0 radical (unpaired) electrons. The zero-order valence-electron chi connectivity index (χ0n) is 13.9. The van der Waals surface area contributed by atoms with Crippen molar-refractivity contribution in [1.29, 1.82) is 0 Å². The van der Waals surface area contributed by atoms with Crippen molar-refractivity contribution in [2.45, 2.75) is 33.2 Å². The monoisotopic (exact) mass is 273 g/mol. The molecule has 0 spiro atoms. The molecule has 0 aromatic heterocycles. The number of hydrogen-bond acceptors (Lipinski definition) is 4. The maximum absolute atomic E-state index is 5.06. The minimum atomic E-state index is 0.588. The highest BCUT2D eigenvalue weighted by molar-refractivity contribution is 4.72. The molecule has 0 saturated heterocycles. The van der Waals surface area contributed by atoms with Gasteiger partial charge in [-0.3, -0.25) is 4.90 Å². The molecule has 0 aromatic carbocycles. The number of methoxy groups -OCH3 is 1. The highest BCUT2D eigenvalue weighted by Gasteiger charge is 2.14. The van der Waals surface area contributed by atoms with E-state index in [0.717, 1.165) is 45.1 Å². The minimum Gasteiger partial charge on any atom is -0.385 e. The highest BCUT2D eigenvalue weighted by atomic mass is 16.5. The predicted molar refractivity (Wildman–Crippen MR) is 83.8 cm³/mol. The summed E-state index contributed by atoms with van der Waals surface area (Å²) in [6.07, 6.45) is 1.09. The minimum absolute atomic E-state index is 0.588. The van der Waals surface area contributed by atoms with Gasteiger partial charge in [-0.05, 0) is 39.9 Å². The van der Waals surface area contributed by atoms with Crippen molar-refractivity contribution in [3.05, 3.63) is 0 Å². The van der Waals surface area contributed by atoms with Gasteiger partial charge in [0.15, 0.2) is 0 Å². The topological polar surface area (TPSA) is 27.7 Å². The third-order valence-electron chi connectivity index (χ3n) is 3.20. The molecule has 0 fully saturated rings. The second kappa shape index (κ2) is 11.6. The number of rotatable bonds is 12. The summed E-state index contributed by atoms with van der Waals surface area (Å²) in [5.41, 5.74) is 0. The van der Waals surface area contributed by atoms with Crippen LogP contribution in [0.5, 0.6) is 0 Å². The Morgan fingerprint density at radius 1 is 1.11 bits per heavy atom. The molecule has 0 heterocycles. The van der Waals surface area contributed by atoms with Crippen LogP contribution < -0.4 is 5.32 Å². The Labute approximate surface area is 120 Å². The first-order chi connectivity index (χ1) is 8.97. The Morgan fingerprint density at radius 2 is 1.79 bits per heavy atom. The van der Waals surface area contributed by atoms with Crippen molar-refractivity contribution in [2.75, 3.05) is 60.5 Å². The Hall–Kier alpha value is -0.160. The summed E-state index contributed by atoms with van der Waals surface area (Å²) in [6.45, 7) is 13.3. The van der Waals surface area contributed by atoms with Gasteiger partial charge in [0.25, 0.3) is 0 Å². The van der Waals surface area contributed by atoms with Gasteiger partial charge < -0.3 is 15.0 Å². The van der Waals surface area contributed by atoms with Gasteiger partial charge in [-0.1, -0.05) is 13.8 Å². The molecule has 0 aliphatic carbocycles. The lowest BCUT2D eigenvalue weighted by Gasteiger charge is -2.31. The van der Waals surface area contributed by atoms with Gasteiger partial charge in [0, 0.05) is 45.9 Å². The average molecular weight is 273 g/mol. The van der Waals surface area contributed by atoms with Crippen molar-refractivity contribution in [1.82, 2.24) is 15.1 Å². The van der Waals surface area contributed by atoms with Crippen molar-refractivity contribution in [3.63, 3.8) is 0 Å². The molecule has 0 aliphatic heterocycles. The van der Waals surface area contributed by atoms with Gasteiger partial charge in [0.1, 0.15) is 0 Å². The Morgan fingerprint density at radius 3 is 2.32 bits per heavy atom. The van der Waals surface area contributed by atoms with Crippen molar-refractivity contribution < 1.29 is 4.74 Å². The fraction of sp³-hybridized carbons (Fsp3) is 1.00. The molecule has 0 aliphatic rings. The Kier molecular flexibility index (Phi) is 11.6. The lowest BCUT2D eigenvalue weighted by molar-refractivity contribution is 0.164. The normalized spacial score (nSPS) is 13.7. The third-order valence-corrected chi connectivity index (χ3v) is 3.20. The lowest BCUT2D eigenvalue weighted by atomic mass is 10.1. The Balaban J connectivity index is 3.96. The van der Waals surface area contributed by atoms with Crippen LogP contribution in [0.25, 0.3) is 0 Å². The number of nitrogens with one attached hydrogen (secondary N) is 1. The molecular weight excluding hydrogens is 238 g/mol. The number of ether oxygens (including phenoxy) is 1. The maximum atomic E-state index is 5.06. The van der Waals surface area contributed by atoms with Crippen LogP contribution in [0.1, 0.15) is 27.2 Å². The predicted octanol–water partition coefficient (Wildman–Crippen LogP) is 1.52. The zero-order valence-corrected chi connectivity index (χ0v) is 13.9. The second-order valence-electron chi connectivity index (χ2n) is 6.09. The van der Waals surface area contributed by atoms with Crippen LogP contribution in [0.4, 0.5) is 0 Å². The molecule has 19 heavy (non-hydrogen) atoms. The van der Waals surface area contributed by atoms with Crippen LogP contribution in [0.3, 0.4) is 0 Å². The SMILES string of the molecule is COCCCNCC(C)N(CCN(C)C)CC(C)C. The molecular formula is C15H35N3O. The Bertz CT molecular complexity index is 198. The molecule has 0 amide bonds. The van der Waals surface area contributed by atoms with Crippen LogP contribution in [0, 0.1) is 5.92 Å². The van der Waals surface area contributed by atoms with Gasteiger partial charge in [0.2, 0.25) is 0 Å². The van der Waals surface area contributed by atoms with Crippen LogP contribution in [0.2, 0.25) is 0 Å². The van der Waals surface area contributed by atoms with Crippen LogP contribution in [-0.2, 0) is 4.74 Å². The van der Waals surface area contributed by atoms with Gasteiger partial charge in [-0.25, -0.2) is 0 Å². The number of nitrogens with zero attached hydrogens (tertiary/aromatic N) is 2. The molecule has 4 heteroatoms. The fourth-order valence-electron chi connectivity index (χ4n) is 2.07. The first kappa shape index (κ1) is 18.8. The number of likely N-dealkylation sites (N-methyl/N-ethyl adjacent to an activating group) is 1. The first-order valence-electron chi connectivity index (χ1n) is 7.55. The molecule has 1 unspecified atom stereocenters. The van der Waals surface area contributed by atoms with E-state index in [1.165, 1.54) is 6.54 Å². The van der Waals surface area contributed by atoms with E-state index in [1.54, 1.807) is 7.11 Å². The van der Waals surface area contributed by atoms with Crippen molar-refractivity contribution in [3.8, 4) is 0 Å². The van der Waals surface area contributed by atoms with E-state index in [0.29, 0.717) is 6.04 Å². The summed E-state index contributed by atoms with van der Waals surface area (Å²) < 4.78 is 5.06. The van der Waals surface area contributed by atoms with Gasteiger partial charge in [-0.15, -0.1) is 0 Å². The van der Waals surface area contributed by atoms with E-state index in [-0.39, 0.29) is 0 Å². The summed E-state index contributed by atoms with van der Waals surface area (Å²) in [7, 11) is 6.04. The second-order valence-corrected chi connectivity index (χ2v) is 6.09. The molecule has 1 N–H and O–H groups in total. The summed E-state index contributed by atoms with van der Waals surface area (Å²) in [5.74, 6) is 0.720. The highest BCUT2D eigenvalue weighted by Crippen LogP contribution is 2.04. The number of hydrogen-bond donors (Lipinski definition) is 1. The molecule has 0 bridgehead atoms. The van der Waals surface area contributed by atoms with Gasteiger partial charge in [0.05, 0.1) is 0 Å². The molecule has 1 atom stereocenters. The van der Waals surface area contributed by atoms with Crippen LogP contribution >= 0.6 is 0 Å². The first-order valence-corrected chi connectivity index (χ1v) is 7.55. The van der Waals surface area contributed by atoms with Gasteiger partial charge >= 0.3 is 0 Å². The largest absolute Gasteiger partial charge is 0.385 e. The molecule has 0 rings (SSSR count).